The summed E-state index contributed by atoms with van der Waals surface area (Å²) in [5, 5.41) is 3.65. The molecular weight excluding hydrogens is 1920 g/mol. The number of aromatic nitrogens is 6. The van der Waals surface area contributed by atoms with Crippen LogP contribution < -0.4 is 34.0 Å². The molecule has 12 saturated carbocycles. The number of benzene rings is 6. The quantitative estimate of drug-likeness (QED) is 0.0443. The molecule has 0 amide bonds. The number of ether oxygens (including phenoxy) is 1. The van der Waals surface area contributed by atoms with Crippen LogP contribution >= 0.6 is 125 Å². The van der Waals surface area contributed by atoms with Gasteiger partial charge in [-0.25, -0.2) is 29.9 Å². The summed E-state index contributed by atoms with van der Waals surface area (Å²) < 4.78 is 7.94. The van der Waals surface area contributed by atoms with Crippen molar-refractivity contribution >= 4 is 159 Å². The summed E-state index contributed by atoms with van der Waals surface area (Å²) in [6.45, 7) is 20.6. The van der Waals surface area contributed by atoms with Crippen molar-refractivity contribution in [2.24, 2.45) is 17.8 Å². The minimum atomic E-state index is -0.0898. The zero-order valence-corrected chi connectivity index (χ0v) is 76.8. The summed E-state index contributed by atoms with van der Waals surface area (Å²) in [6.07, 6.45) is 39.5. The SMILES string of the molecule is C1CCOC1.Cc1ccc(N(c2ccc(C)cc2)C23CC4CC(I)(CC(I)(C4)C2)C3)cc1.Cc1ccc(N(c2ccc(C)cc2)C23CC4CC(c5ncccn5)(CC(c5ncccn5)(C4)C2)C3)cc1.Cc1ccc(Nc2ccc(C)cc2)cc1.Clc1ncccn1.IC12CC3CC(I)(C1)CC(I)(C3)C2.[CH2-]CCC.[Li+]. The first-order valence-corrected chi connectivity index (χ1v) is 45.1. The van der Waals surface area contributed by atoms with E-state index in [4.69, 9.17) is 36.3 Å². The Balaban J connectivity index is 0.000000134. The molecule has 6 aromatic carbocycles. The Labute approximate surface area is 736 Å². The van der Waals surface area contributed by atoms with Crippen molar-refractivity contribution in [2.75, 3.05) is 28.3 Å². The van der Waals surface area contributed by atoms with Crippen LogP contribution in [0.4, 0.5) is 34.1 Å². The van der Waals surface area contributed by atoms with Crippen LogP contribution in [-0.2, 0) is 15.6 Å². The molecule has 13 aliphatic rings. The molecule has 1 aliphatic heterocycles. The number of hydrogen-bond donors (Lipinski definition) is 1. The van der Waals surface area contributed by atoms with Gasteiger partial charge < -0.3 is 26.8 Å². The standard InChI is InChI=1S/C32H33N5.C24H27I2N.C14H15N.C10H13I3.C4H3ClN2.C4H8O.C4H9.Li/c1-23-5-9-26(10-6-23)37(27-11-7-24(2)8-12-27)32-19-25-17-30(21-32,28-33-13-3-14-34-28)20-31(18-25,22-32)29-35-15-4-16-36-29;1-17-3-7-20(8-4-17)27(21-9-5-18(2)6-10-21)24-13-19-11-22(25,15-24)14-23(26,12-19)16-24;1-11-3-7-13(8-4-11)15-14-9-5-12(2)6-10-14;11-8-1-7-2-9(12,4-8)6-10(13,3-7)5-8;5-4-6-2-1-3-7-4;1-2-4-5-3-1;1-3-4-2;/h3-16,25H,17-22H2,1-2H3;3-10,19H,11-16H2,1-2H3;3-10,15H,1-2H3;7H,1-6H2;1-3H;1-4H2;1,3-4H2,2H3;/q;;;;;;-1;+1. The van der Waals surface area contributed by atoms with Crippen LogP contribution in [0.15, 0.2) is 201 Å². The van der Waals surface area contributed by atoms with Gasteiger partial charge in [0.2, 0.25) is 5.28 Å². The summed E-state index contributed by atoms with van der Waals surface area (Å²) in [5.74, 6) is 4.51. The molecule has 4 unspecified atom stereocenters. The van der Waals surface area contributed by atoms with Gasteiger partial charge >= 0.3 is 18.9 Å². The van der Waals surface area contributed by atoms with Gasteiger partial charge in [0, 0.05) is 124 Å². The molecule has 570 valence electrons. The van der Waals surface area contributed by atoms with Gasteiger partial charge in [0.1, 0.15) is 11.6 Å². The first-order valence-electron chi connectivity index (χ1n) is 39.3. The fourth-order valence-corrected chi connectivity index (χ4v) is 34.6. The van der Waals surface area contributed by atoms with Crippen molar-refractivity contribution in [3.8, 4) is 0 Å². The van der Waals surface area contributed by atoms with Crippen LogP contribution in [0.5, 0.6) is 0 Å². The van der Waals surface area contributed by atoms with Gasteiger partial charge in [-0.15, -0.1) is 0 Å². The molecule has 12 bridgehead atoms. The zero-order valence-electron chi connectivity index (χ0n) is 65.2. The van der Waals surface area contributed by atoms with E-state index < -0.39 is 0 Å². The maximum atomic E-state index is 5.32. The van der Waals surface area contributed by atoms with E-state index in [-0.39, 0.29) is 40.8 Å². The topological polar surface area (TPSA) is 105 Å². The number of nitrogens with zero attached hydrogens (tertiary/aromatic N) is 8. The molecule has 0 radical (unpaired) electrons. The van der Waals surface area contributed by atoms with Crippen molar-refractivity contribution in [1.29, 1.82) is 0 Å². The maximum Gasteiger partial charge on any atom is 1.00 e. The Bertz CT molecular complexity index is 4110. The zero-order chi connectivity index (χ0) is 76.0. The number of unbranched alkanes of at least 4 members (excludes halogenated alkanes) is 1. The van der Waals surface area contributed by atoms with Crippen molar-refractivity contribution in [3.05, 3.63) is 258 Å². The van der Waals surface area contributed by atoms with Gasteiger partial charge in [0.15, 0.2) is 0 Å². The van der Waals surface area contributed by atoms with Gasteiger partial charge in [-0.3, -0.25) is 0 Å². The molecule has 17 heteroatoms. The first-order chi connectivity index (χ1) is 51.7. The number of hydrogen-bond acceptors (Lipinski definition) is 10. The molecule has 1 saturated heterocycles. The van der Waals surface area contributed by atoms with E-state index in [0.29, 0.717) is 28.3 Å². The van der Waals surface area contributed by atoms with Crippen molar-refractivity contribution in [1.82, 2.24) is 29.9 Å². The molecular formula is C92H108ClI5LiN9O. The van der Waals surface area contributed by atoms with Crippen molar-refractivity contribution in [3.63, 3.8) is 0 Å². The molecule has 10 nitrogen and oxygen atoms in total. The van der Waals surface area contributed by atoms with Crippen LogP contribution in [0.25, 0.3) is 0 Å². The summed E-state index contributed by atoms with van der Waals surface area (Å²) in [7, 11) is 0. The molecule has 9 aromatic rings. The predicted molar refractivity (Wildman–Crippen MR) is 492 cm³/mol. The van der Waals surface area contributed by atoms with E-state index in [2.05, 4.69) is 339 Å². The number of aryl methyl sites for hydroxylation is 6. The van der Waals surface area contributed by atoms with Crippen LogP contribution in [-0.4, -0.2) is 71.3 Å². The fraction of sp³-hybridized carbons (Fsp3) is 0.467. The largest absolute Gasteiger partial charge is 1.00 e. The van der Waals surface area contributed by atoms with Crippen LogP contribution in [0.2, 0.25) is 5.28 Å². The number of rotatable bonds is 11. The number of anilines is 6. The van der Waals surface area contributed by atoms with Gasteiger partial charge in [-0.2, -0.15) is 6.42 Å². The third kappa shape index (κ3) is 20.8. The van der Waals surface area contributed by atoms with E-state index in [1.165, 1.54) is 152 Å². The van der Waals surface area contributed by atoms with E-state index in [1.54, 1.807) is 18.5 Å². The van der Waals surface area contributed by atoms with E-state index >= 15 is 0 Å². The Hall–Kier alpha value is -3.54. The predicted octanol–water partition coefficient (Wildman–Crippen LogP) is 23.3. The average Bonchev–Trinajstić information content (AvgIpc) is 0.753. The van der Waals surface area contributed by atoms with E-state index in [1.807, 2.05) is 36.9 Å². The third-order valence-corrected chi connectivity index (χ3v) is 30.3. The van der Waals surface area contributed by atoms with Crippen LogP contribution in [0, 0.1) is 66.2 Å². The van der Waals surface area contributed by atoms with Gasteiger partial charge in [-0.05, 0) is 290 Å². The van der Waals surface area contributed by atoms with Gasteiger partial charge in [0.05, 0.1) is 0 Å². The third-order valence-electron chi connectivity index (χ3n) is 24.1. The summed E-state index contributed by atoms with van der Waals surface area (Å²) >= 11 is 19.3. The maximum absolute atomic E-state index is 5.32. The van der Waals surface area contributed by atoms with Crippen LogP contribution in [0.1, 0.15) is 193 Å². The second-order valence-corrected chi connectivity index (χ2v) is 45.8. The van der Waals surface area contributed by atoms with Gasteiger partial charge in [0.25, 0.3) is 0 Å². The fourth-order valence-electron chi connectivity index (χ4n) is 21.2. The average molecular weight is 2030 g/mol. The van der Waals surface area contributed by atoms with Gasteiger partial charge in [-0.1, -0.05) is 232 Å². The molecule has 4 atom stereocenters. The van der Waals surface area contributed by atoms with E-state index in [9.17, 15) is 0 Å². The smallest absolute Gasteiger partial charge is 0.381 e. The molecule has 4 heterocycles. The minimum absolute atomic E-state index is 0. The normalized spacial score (nSPS) is 30.2. The molecule has 1 N–H and O–H groups in total. The minimum Gasteiger partial charge on any atom is -0.381 e. The molecule has 0 spiro atoms. The van der Waals surface area contributed by atoms with Crippen molar-refractivity contribution in [2.45, 2.75) is 229 Å². The Kier molecular flexibility index (Phi) is 28.3. The molecule has 12 aliphatic carbocycles. The molecule has 13 fully saturated rings. The Morgan fingerprint density at radius 2 is 0.651 bits per heavy atom. The summed E-state index contributed by atoms with van der Waals surface area (Å²) in [4.78, 5) is 32.2. The Morgan fingerprint density at radius 1 is 0.385 bits per heavy atom. The van der Waals surface area contributed by atoms with Crippen LogP contribution in [0.3, 0.4) is 0 Å². The number of nitrogens with one attached hydrogen (secondary N) is 1. The Morgan fingerprint density at radius 3 is 0.908 bits per heavy atom. The number of alkyl halides is 5. The van der Waals surface area contributed by atoms with E-state index in [0.717, 1.165) is 93.0 Å². The second-order valence-electron chi connectivity index (χ2n) is 34.0. The van der Waals surface area contributed by atoms with Crippen molar-refractivity contribution < 1.29 is 23.6 Å². The number of halogens is 6. The monoisotopic (exact) mass is 2030 g/mol. The molecule has 22 rings (SSSR count). The summed E-state index contributed by atoms with van der Waals surface area (Å²) in [5.41, 5.74) is 15.3. The second kappa shape index (κ2) is 36.3. The molecule has 109 heavy (non-hydrogen) atoms. The molecule has 3 aromatic heterocycles. The summed E-state index contributed by atoms with van der Waals surface area (Å²) in [6, 6.07) is 59.0. The first kappa shape index (κ1) is 84.8.